The minimum absolute atomic E-state index is 0.425. The Labute approximate surface area is 128 Å². The van der Waals surface area contributed by atoms with E-state index in [0.29, 0.717) is 10.8 Å². The Kier molecular flexibility index (Phi) is 5.39. The van der Waals surface area contributed by atoms with Crippen LogP contribution in [0.3, 0.4) is 0 Å². The van der Waals surface area contributed by atoms with Gasteiger partial charge in [-0.2, -0.15) is 11.8 Å². The Bertz CT molecular complexity index is 414. The Morgan fingerprint density at radius 3 is 2.60 bits per heavy atom. The molecule has 0 saturated carbocycles. The van der Waals surface area contributed by atoms with Crippen molar-refractivity contribution < 1.29 is 0 Å². The second-order valence-corrected chi connectivity index (χ2v) is 8.02. The zero-order valence-electron chi connectivity index (χ0n) is 13.3. The summed E-state index contributed by atoms with van der Waals surface area (Å²) in [7, 11) is 0. The van der Waals surface area contributed by atoms with E-state index in [9.17, 15) is 0 Å². The van der Waals surface area contributed by atoms with E-state index in [-0.39, 0.29) is 0 Å². The van der Waals surface area contributed by atoms with E-state index < -0.39 is 0 Å². The first kappa shape index (κ1) is 15.7. The van der Waals surface area contributed by atoms with Crippen molar-refractivity contribution in [3.8, 4) is 0 Å². The van der Waals surface area contributed by atoms with Gasteiger partial charge in [0, 0.05) is 35.3 Å². The molecule has 1 aliphatic heterocycles. The number of benzene rings is 1. The maximum atomic E-state index is 3.46. The fourth-order valence-corrected chi connectivity index (χ4v) is 3.78. The summed E-state index contributed by atoms with van der Waals surface area (Å²) in [4.78, 5) is 2.53. The molecule has 0 aliphatic carbocycles. The highest BCUT2D eigenvalue weighted by atomic mass is 32.2. The number of nitrogens with one attached hydrogen (secondary N) is 1. The van der Waals surface area contributed by atoms with E-state index in [0.717, 1.165) is 13.1 Å². The lowest BCUT2D eigenvalue weighted by Gasteiger charge is -2.24. The second-order valence-electron chi connectivity index (χ2n) is 6.22. The predicted molar refractivity (Wildman–Crippen MR) is 91.9 cm³/mol. The number of anilines is 1. The summed E-state index contributed by atoms with van der Waals surface area (Å²) in [5, 5.41) is 3.46. The normalized spacial score (nSPS) is 20.5. The lowest BCUT2D eigenvalue weighted by molar-refractivity contribution is 0.598. The van der Waals surface area contributed by atoms with Crippen LogP contribution in [-0.4, -0.2) is 30.1 Å². The summed E-state index contributed by atoms with van der Waals surface area (Å²) in [5.41, 5.74) is 2.75. The van der Waals surface area contributed by atoms with E-state index in [4.69, 9.17) is 0 Å². The van der Waals surface area contributed by atoms with Gasteiger partial charge in [0.2, 0.25) is 0 Å². The summed E-state index contributed by atoms with van der Waals surface area (Å²) in [6.07, 6.45) is 1.26. The second kappa shape index (κ2) is 6.86. The molecule has 1 fully saturated rings. The summed E-state index contributed by atoms with van der Waals surface area (Å²) < 4.78 is 0.425. The van der Waals surface area contributed by atoms with Crippen LogP contribution < -0.4 is 10.2 Å². The highest BCUT2D eigenvalue weighted by molar-refractivity contribution is 8.00. The van der Waals surface area contributed by atoms with Crippen molar-refractivity contribution in [1.29, 1.82) is 0 Å². The molecule has 1 aromatic carbocycles. The minimum Gasteiger partial charge on any atom is -0.371 e. The average molecular weight is 292 g/mol. The maximum absolute atomic E-state index is 3.46. The van der Waals surface area contributed by atoms with Crippen molar-refractivity contribution >= 4 is 17.4 Å². The van der Waals surface area contributed by atoms with Crippen LogP contribution in [0.2, 0.25) is 0 Å². The van der Waals surface area contributed by atoms with Crippen LogP contribution in [0, 0.1) is 0 Å². The van der Waals surface area contributed by atoms with Crippen molar-refractivity contribution in [2.24, 2.45) is 0 Å². The van der Waals surface area contributed by atoms with Crippen molar-refractivity contribution in [2.45, 2.75) is 44.9 Å². The third-order valence-corrected chi connectivity index (χ3v) is 5.48. The molecule has 1 saturated heterocycles. The van der Waals surface area contributed by atoms with E-state index in [2.05, 4.69) is 73.9 Å². The van der Waals surface area contributed by atoms with E-state index in [1.807, 2.05) is 0 Å². The van der Waals surface area contributed by atoms with Crippen LogP contribution in [0.4, 0.5) is 5.69 Å². The topological polar surface area (TPSA) is 15.3 Å². The van der Waals surface area contributed by atoms with Crippen LogP contribution in [-0.2, 0) is 0 Å². The molecule has 1 unspecified atom stereocenters. The fraction of sp³-hybridized carbons (Fsp3) is 0.647. The molecule has 2 rings (SSSR count). The Hall–Kier alpha value is -0.670. The molecule has 0 amide bonds. The molecule has 0 aromatic heterocycles. The van der Waals surface area contributed by atoms with Crippen molar-refractivity contribution in [2.75, 3.05) is 30.3 Å². The molecule has 3 heteroatoms. The van der Waals surface area contributed by atoms with Gasteiger partial charge in [-0.05, 0) is 37.6 Å². The van der Waals surface area contributed by atoms with Gasteiger partial charge in [-0.25, -0.2) is 0 Å². The van der Waals surface area contributed by atoms with Gasteiger partial charge in [-0.15, -0.1) is 0 Å². The van der Waals surface area contributed by atoms with E-state index >= 15 is 0 Å². The summed E-state index contributed by atoms with van der Waals surface area (Å²) in [6, 6.07) is 9.54. The largest absolute Gasteiger partial charge is 0.371 e. The van der Waals surface area contributed by atoms with Crippen molar-refractivity contribution in [1.82, 2.24) is 5.32 Å². The molecule has 1 atom stereocenters. The monoisotopic (exact) mass is 292 g/mol. The number of thioether (sulfide) groups is 1. The third kappa shape index (κ3) is 4.16. The quantitative estimate of drug-likeness (QED) is 0.900. The number of hydrogen-bond acceptors (Lipinski definition) is 3. The van der Waals surface area contributed by atoms with Crippen molar-refractivity contribution in [3.05, 3.63) is 29.8 Å². The lowest BCUT2D eigenvalue weighted by atomic mass is 10.1. The van der Waals surface area contributed by atoms with Gasteiger partial charge in [0.15, 0.2) is 0 Å². The molecule has 1 heterocycles. The standard InChI is InChI=1S/C17H28N2S/c1-5-18-14(2)15-6-8-16(9-7-15)19-11-10-17(3,4)20-13-12-19/h6-9,14,18H,5,10-13H2,1-4H3. The molecule has 0 radical (unpaired) electrons. The minimum atomic E-state index is 0.425. The van der Waals surface area contributed by atoms with Crippen LogP contribution >= 0.6 is 11.8 Å². The molecule has 0 spiro atoms. The number of hydrogen-bond donors (Lipinski definition) is 1. The van der Waals surface area contributed by atoms with E-state index in [1.54, 1.807) is 0 Å². The van der Waals surface area contributed by atoms with Crippen LogP contribution in [0.5, 0.6) is 0 Å². The summed E-state index contributed by atoms with van der Waals surface area (Å²) >= 11 is 2.10. The third-order valence-electron chi connectivity index (χ3n) is 4.11. The Morgan fingerprint density at radius 2 is 1.95 bits per heavy atom. The number of rotatable bonds is 4. The molecule has 0 bridgehead atoms. The predicted octanol–water partition coefficient (Wildman–Crippen LogP) is 4.08. The first-order valence-electron chi connectivity index (χ1n) is 7.74. The highest BCUT2D eigenvalue weighted by Gasteiger charge is 2.23. The smallest absolute Gasteiger partial charge is 0.0366 e. The van der Waals surface area contributed by atoms with Gasteiger partial charge in [0.25, 0.3) is 0 Å². The van der Waals surface area contributed by atoms with Gasteiger partial charge >= 0.3 is 0 Å². The molecule has 1 N–H and O–H groups in total. The fourth-order valence-electron chi connectivity index (χ4n) is 2.68. The lowest BCUT2D eigenvalue weighted by Crippen LogP contribution is -2.27. The van der Waals surface area contributed by atoms with Gasteiger partial charge < -0.3 is 10.2 Å². The van der Waals surface area contributed by atoms with E-state index in [1.165, 1.54) is 30.0 Å². The van der Waals surface area contributed by atoms with Crippen molar-refractivity contribution in [3.63, 3.8) is 0 Å². The molecule has 2 nitrogen and oxygen atoms in total. The first-order valence-corrected chi connectivity index (χ1v) is 8.72. The molecular weight excluding hydrogens is 264 g/mol. The molecule has 20 heavy (non-hydrogen) atoms. The molecule has 1 aromatic rings. The van der Waals surface area contributed by atoms with Gasteiger partial charge in [0.05, 0.1) is 0 Å². The number of nitrogens with zero attached hydrogens (tertiary/aromatic N) is 1. The summed E-state index contributed by atoms with van der Waals surface area (Å²) in [5.74, 6) is 1.22. The molecule has 112 valence electrons. The zero-order chi connectivity index (χ0) is 14.6. The zero-order valence-corrected chi connectivity index (χ0v) is 14.1. The SMILES string of the molecule is CCNC(C)c1ccc(N2CCSC(C)(C)CC2)cc1. The summed E-state index contributed by atoms with van der Waals surface area (Å²) in [6.45, 7) is 12.5. The molecule has 1 aliphatic rings. The average Bonchev–Trinajstić information content (AvgIpc) is 2.60. The van der Waals surface area contributed by atoms with Gasteiger partial charge in [0.1, 0.15) is 0 Å². The van der Waals surface area contributed by atoms with Gasteiger partial charge in [-0.1, -0.05) is 32.9 Å². The van der Waals surface area contributed by atoms with Crippen LogP contribution in [0.25, 0.3) is 0 Å². The van der Waals surface area contributed by atoms with Crippen LogP contribution in [0.1, 0.15) is 45.7 Å². The first-order chi connectivity index (χ1) is 9.52. The maximum Gasteiger partial charge on any atom is 0.0366 e. The molecular formula is C17H28N2S. The van der Waals surface area contributed by atoms with Gasteiger partial charge in [-0.3, -0.25) is 0 Å². The Balaban J connectivity index is 2.02. The highest BCUT2D eigenvalue weighted by Crippen LogP contribution is 2.32. The van der Waals surface area contributed by atoms with Crippen LogP contribution in [0.15, 0.2) is 24.3 Å². The Morgan fingerprint density at radius 1 is 1.25 bits per heavy atom.